The average molecular weight is 286 g/mol. The van der Waals surface area contributed by atoms with Crippen molar-refractivity contribution in [1.29, 1.82) is 0 Å². The standard InChI is InChI=1S/C15H12ClN3O/c1-19-13-8-17-7-6-11(13)15(18-9-14(19)20)10-4-2-3-5-12(10)16/h2-8H,9H2,1H3. The molecule has 0 aliphatic carbocycles. The van der Waals surface area contributed by atoms with Crippen molar-refractivity contribution in [3.8, 4) is 0 Å². The van der Waals surface area contributed by atoms with E-state index in [1.807, 2.05) is 30.3 Å². The highest BCUT2D eigenvalue weighted by molar-refractivity contribution is 6.36. The zero-order valence-electron chi connectivity index (χ0n) is 10.9. The minimum absolute atomic E-state index is 0.0682. The number of likely N-dealkylation sites (N-methyl/N-ethyl adjacent to an activating group) is 1. The Balaban J connectivity index is 2.23. The maximum Gasteiger partial charge on any atom is 0.248 e. The van der Waals surface area contributed by atoms with Crippen LogP contribution >= 0.6 is 11.6 Å². The second-order valence-electron chi connectivity index (χ2n) is 4.49. The smallest absolute Gasteiger partial charge is 0.248 e. The molecular formula is C15H12ClN3O. The molecule has 0 atom stereocenters. The summed E-state index contributed by atoms with van der Waals surface area (Å²) in [6.07, 6.45) is 3.36. The van der Waals surface area contributed by atoms with Crippen molar-refractivity contribution in [3.05, 3.63) is 58.9 Å². The summed E-state index contributed by atoms with van der Waals surface area (Å²) >= 11 is 6.26. The van der Waals surface area contributed by atoms with Gasteiger partial charge in [-0.3, -0.25) is 14.8 Å². The van der Waals surface area contributed by atoms with Crippen LogP contribution in [0.2, 0.25) is 5.02 Å². The molecule has 0 spiro atoms. The lowest BCUT2D eigenvalue weighted by atomic mass is 10.0. The van der Waals surface area contributed by atoms with Crippen LogP contribution in [0.5, 0.6) is 0 Å². The lowest BCUT2D eigenvalue weighted by Crippen LogP contribution is -2.27. The highest BCUT2D eigenvalue weighted by atomic mass is 35.5. The highest BCUT2D eigenvalue weighted by Crippen LogP contribution is 2.27. The number of rotatable bonds is 1. The first-order valence-electron chi connectivity index (χ1n) is 6.19. The van der Waals surface area contributed by atoms with E-state index < -0.39 is 0 Å². The molecule has 0 unspecified atom stereocenters. The van der Waals surface area contributed by atoms with Crippen LogP contribution in [0.4, 0.5) is 5.69 Å². The van der Waals surface area contributed by atoms with E-state index in [1.165, 1.54) is 0 Å². The van der Waals surface area contributed by atoms with E-state index in [4.69, 9.17) is 11.6 Å². The fourth-order valence-corrected chi connectivity index (χ4v) is 2.43. The summed E-state index contributed by atoms with van der Waals surface area (Å²) < 4.78 is 0. The Kier molecular flexibility index (Phi) is 3.24. The van der Waals surface area contributed by atoms with Crippen LogP contribution in [0, 0.1) is 0 Å². The van der Waals surface area contributed by atoms with Crippen LogP contribution in [0.15, 0.2) is 47.7 Å². The Labute approximate surface area is 121 Å². The van der Waals surface area contributed by atoms with Crippen LogP contribution < -0.4 is 4.90 Å². The predicted molar refractivity (Wildman–Crippen MR) is 79.6 cm³/mol. The monoisotopic (exact) mass is 285 g/mol. The van der Waals surface area contributed by atoms with Gasteiger partial charge < -0.3 is 4.90 Å². The molecule has 1 aromatic heterocycles. The number of carbonyl (C=O) groups excluding carboxylic acids is 1. The summed E-state index contributed by atoms with van der Waals surface area (Å²) in [5, 5.41) is 0.617. The Hall–Kier alpha value is -2.20. The molecule has 1 aliphatic rings. The summed E-state index contributed by atoms with van der Waals surface area (Å²) in [5.41, 5.74) is 3.16. The van der Waals surface area contributed by atoms with Gasteiger partial charge in [0.05, 0.1) is 17.6 Å². The molecule has 100 valence electrons. The molecule has 2 heterocycles. The summed E-state index contributed by atoms with van der Waals surface area (Å²) in [6, 6.07) is 9.35. The third-order valence-corrected chi connectivity index (χ3v) is 3.62. The molecule has 3 rings (SSSR count). The van der Waals surface area contributed by atoms with E-state index >= 15 is 0 Å². The van der Waals surface area contributed by atoms with Gasteiger partial charge in [-0.1, -0.05) is 29.8 Å². The van der Waals surface area contributed by atoms with Crippen molar-refractivity contribution >= 4 is 28.9 Å². The fourth-order valence-electron chi connectivity index (χ4n) is 2.21. The summed E-state index contributed by atoms with van der Waals surface area (Å²) in [7, 11) is 1.73. The molecule has 20 heavy (non-hydrogen) atoms. The number of nitrogens with zero attached hydrogens (tertiary/aromatic N) is 3. The number of benzene rings is 1. The van der Waals surface area contributed by atoms with Crippen LogP contribution in [-0.2, 0) is 4.79 Å². The zero-order chi connectivity index (χ0) is 14.1. The molecule has 0 N–H and O–H groups in total. The van der Waals surface area contributed by atoms with Crippen LogP contribution in [0.3, 0.4) is 0 Å². The Morgan fingerprint density at radius 3 is 2.80 bits per heavy atom. The molecule has 0 saturated heterocycles. The molecule has 0 radical (unpaired) electrons. The Morgan fingerprint density at radius 1 is 1.20 bits per heavy atom. The number of hydrogen-bond acceptors (Lipinski definition) is 3. The minimum atomic E-state index is -0.0682. The van der Waals surface area contributed by atoms with Crippen LogP contribution in [0.1, 0.15) is 11.1 Å². The van der Waals surface area contributed by atoms with E-state index in [1.54, 1.807) is 24.3 Å². The van der Waals surface area contributed by atoms with Gasteiger partial charge in [0.25, 0.3) is 0 Å². The van der Waals surface area contributed by atoms with Crippen molar-refractivity contribution in [2.75, 3.05) is 18.5 Å². The number of halogens is 1. The van der Waals surface area contributed by atoms with E-state index in [-0.39, 0.29) is 12.5 Å². The van der Waals surface area contributed by atoms with Crippen molar-refractivity contribution in [3.63, 3.8) is 0 Å². The number of pyridine rings is 1. The number of aliphatic imine (C=N–C) groups is 1. The molecule has 0 fully saturated rings. The zero-order valence-corrected chi connectivity index (χ0v) is 11.6. The van der Waals surface area contributed by atoms with Gasteiger partial charge in [0, 0.05) is 29.4 Å². The molecule has 1 aliphatic heterocycles. The second-order valence-corrected chi connectivity index (χ2v) is 4.90. The largest absolute Gasteiger partial charge is 0.312 e. The highest BCUT2D eigenvalue weighted by Gasteiger charge is 2.23. The number of amides is 1. The number of hydrogen-bond donors (Lipinski definition) is 0. The van der Waals surface area contributed by atoms with Crippen LogP contribution in [-0.4, -0.2) is 30.2 Å². The van der Waals surface area contributed by atoms with E-state index in [9.17, 15) is 4.79 Å². The van der Waals surface area contributed by atoms with Gasteiger partial charge in [-0.25, -0.2) is 0 Å². The maximum atomic E-state index is 12.0. The topological polar surface area (TPSA) is 45.6 Å². The maximum absolute atomic E-state index is 12.0. The SMILES string of the molecule is CN1C(=O)CN=C(c2ccccc2Cl)c2ccncc21. The van der Waals surface area contributed by atoms with Gasteiger partial charge in [-0.2, -0.15) is 0 Å². The van der Waals surface area contributed by atoms with Gasteiger partial charge in [0.2, 0.25) is 5.91 Å². The average Bonchev–Trinajstić information content (AvgIpc) is 2.59. The normalized spacial score (nSPS) is 14.6. The quantitative estimate of drug-likeness (QED) is 0.808. The fraction of sp³-hybridized carbons (Fsp3) is 0.133. The molecule has 0 saturated carbocycles. The van der Waals surface area contributed by atoms with E-state index in [0.29, 0.717) is 5.02 Å². The van der Waals surface area contributed by atoms with Crippen molar-refractivity contribution in [2.24, 2.45) is 4.99 Å². The number of aromatic nitrogens is 1. The molecule has 1 amide bonds. The third-order valence-electron chi connectivity index (χ3n) is 3.29. The number of carbonyl (C=O) groups is 1. The minimum Gasteiger partial charge on any atom is -0.312 e. The molecule has 2 aromatic rings. The first-order chi connectivity index (χ1) is 9.68. The van der Waals surface area contributed by atoms with Crippen LogP contribution in [0.25, 0.3) is 0 Å². The van der Waals surface area contributed by atoms with E-state index in [2.05, 4.69) is 9.98 Å². The Bertz CT molecular complexity index is 712. The molecular weight excluding hydrogens is 274 g/mol. The van der Waals surface area contributed by atoms with Crippen molar-refractivity contribution in [2.45, 2.75) is 0 Å². The molecule has 1 aromatic carbocycles. The molecule has 5 heteroatoms. The lowest BCUT2D eigenvalue weighted by Gasteiger charge is -2.17. The van der Waals surface area contributed by atoms with Crippen molar-refractivity contribution < 1.29 is 4.79 Å². The lowest BCUT2D eigenvalue weighted by molar-refractivity contribution is -0.116. The molecule has 4 nitrogen and oxygen atoms in total. The Morgan fingerprint density at radius 2 is 2.00 bits per heavy atom. The predicted octanol–water partition coefficient (Wildman–Crippen LogP) is 2.55. The van der Waals surface area contributed by atoms with Gasteiger partial charge >= 0.3 is 0 Å². The van der Waals surface area contributed by atoms with Gasteiger partial charge in [-0.05, 0) is 12.1 Å². The third kappa shape index (κ3) is 2.08. The van der Waals surface area contributed by atoms with Gasteiger partial charge in [-0.15, -0.1) is 0 Å². The van der Waals surface area contributed by atoms with Crippen molar-refractivity contribution in [1.82, 2.24) is 4.98 Å². The summed E-state index contributed by atoms with van der Waals surface area (Å²) in [5.74, 6) is -0.0682. The number of fused-ring (bicyclic) bond motifs is 1. The van der Waals surface area contributed by atoms with Gasteiger partial charge in [0.1, 0.15) is 6.54 Å². The summed E-state index contributed by atoms with van der Waals surface area (Å²) in [4.78, 5) is 22.1. The second kappa shape index (κ2) is 5.06. The summed E-state index contributed by atoms with van der Waals surface area (Å²) in [6.45, 7) is 0.103. The van der Waals surface area contributed by atoms with Gasteiger partial charge in [0.15, 0.2) is 0 Å². The first kappa shape index (κ1) is 12.8. The molecule has 0 bridgehead atoms. The number of anilines is 1. The first-order valence-corrected chi connectivity index (χ1v) is 6.56. The van der Waals surface area contributed by atoms with E-state index in [0.717, 1.165) is 22.5 Å².